The third-order valence-corrected chi connectivity index (χ3v) is 3.75. The molecule has 0 radical (unpaired) electrons. The average Bonchev–Trinajstić information content (AvgIpc) is 2.83. The molecule has 0 unspecified atom stereocenters. The molecule has 0 bridgehead atoms. The summed E-state index contributed by atoms with van der Waals surface area (Å²) < 4.78 is 43.2. The number of pyridine rings is 1. The molecule has 190 valence electrons. The Morgan fingerprint density at radius 3 is 1.42 bits per heavy atom. The lowest BCUT2D eigenvalue weighted by Crippen LogP contribution is -2.15. The van der Waals surface area contributed by atoms with E-state index in [4.69, 9.17) is 49.2 Å². The number of nitrogens with zero attached hydrogens (tertiary/aromatic N) is 2. The highest BCUT2D eigenvalue weighted by Gasteiger charge is 2.01. The monoisotopic (exact) mass is 474 g/mol. The number of ether oxygens (including phenoxy) is 8. The Morgan fingerprint density at radius 2 is 1.00 bits per heavy atom. The molecule has 0 atom stereocenters. The average molecular weight is 475 g/mol. The molecule has 12 heteroatoms. The third kappa shape index (κ3) is 19.3. The van der Waals surface area contributed by atoms with Gasteiger partial charge in [-0.15, -0.1) is 0 Å². The standard InChI is InChI=1S/C21H38N4O8/c22-4-6-26-8-10-28-12-14-30-16-18-32-20-2-1-3-21(25-20)33-19-17-31-15-13-29-11-9-27-7-5-24-23/h1-3,23H,4-19,22H2. The fraction of sp³-hybridized carbons (Fsp3) is 0.762. The normalized spacial score (nSPS) is 10.9. The van der Waals surface area contributed by atoms with Crippen molar-refractivity contribution in [2.75, 3.05) is 106 Å². The van der Waals surface area contributed by atoms with Gasteiger partial charge in [0, 0.05) is 18.7 Å². The van der Waals surface area contributed by atoms with Crippen molar-refractivity contribution >= 4 is 0 Å². The van der Waals surface area contributed by atoms with Gasteiger partial charge in [0.05, 0.1) is 85.8 Å². The van der Waals surface area contributed by atoms with Crippen molar-refractivity contribution in [3.8, 4) is 11.8 Å². The second-order valence-corrected chi connectivity index (χ2v) is 6.36. The van der Waals surface area contributed by atoms with Crippen LogP contribution in [0.25, 0.3) is 0 Å². The van der Waals surface area contributed by atoms with Crippen molar-refractivity contribution in [2.45, 2.75) is 0 Å². The Bertz CT molecular complexity index is 571. The van der Waals surface area contributed by atoms with Gasteiger partial charge < -0.3 is 43.6 Å². The van der Waals surface area contributed by atoms with E-state index in [-0.39, 0.29) is 0 Å². The van der Waals surface area contributed by atoms with Crippen molar-refractivity contribution in [1.82, 2.24) is 4.98 Å². The molecular formula is C21H38N4O8. The van der Waals surface area contributed by atoms with E-state index in [0.717, 1.165) is 0 Å². The van der Waals surface area contributed by atoms with Crippen LogP contribution in [-0.2, 0) is 28.4 Å². The Balaban J connectivity index is 1.93. The molecule has 1 aromatic heterocycles. The van der Waals surface area contributed by atoms with Crippen LogP contribution in [0.2, 0.25) is 0 Å². The lowest BCUT2D eigenvalue weighted by molar-refractivity contribution is 0.00957. The Hall–Kier alpha value is -1.93. The highest BCUT2D eigenvalue weighted by atomic mass is 16.6. The van der Waals surface area contributed by atoms with Crippen LogP contribution >= 0.6 is 0 Å². The number of nitrogens with one attached hydrogen (secondary N) is 1. The summed E-state index contributed by atoms with van der Waals surface area (Å²) in [6.45, 7) is 7.45. The van der Waals surface area contributed by atoms with Crippen LogP contribution in [0, 0.1) is 5.53 Å². The Morgan fingerprint density at radius 1 is 0.606 bits per heavy atom. The molecular weight excluding hydrogens is 436 g/mol. The third-order valence-electron chi connectivity index (χ3n) is 3.75. The fourth-order valence-corrected chi connectivity index (χ4v) is 2.24. The Labute approximate surface area is 195 Å². The van der Waals surface area contributed by atoms with Gasteiger partial charge in [-0.05, 0) is 0 Å². The number of hydrogen-bond donors (Lipinski definition) is 2. The summed E-state index contributed by atoms with van der Waals surface area (Å²) in [4.78, 5) is 4.28. The lowest BCUT2D eigenvalue weighted by Gasteiger charge is -2.10. The van der Waals surface area contributed by atoms with Crippen LogP contribution < -0.4 is 15.2 Å². The molecule has 0 aliphatic heterocycles. The number of nitrogens with two attached hydrogens (primary N) is 1. The summed E-state index contributed by atoms with van der Waals surface area (Å²) >= 11 is 0. The van der Waals surface area contributed by atoms with Crippen LogP contribution in [0.1, 0.15) is 0 Å². The SMILES string of the molecule is N=NCCOCCOCCOCCOc1cccc(OCCOCCOCCOCCN)n1. The molecule has 3 N–H and O–H groups in total. The summed E-state index contributed by atoms with van der Waals surface area (Å²) in [5.41, 5.74) is 12.0. The molecule has 0 aliphatic rings. The van der Waals surface area contributed by atoms with E-state index in [1.165, 1.54) is 0 Å². The van der Waals surface area contributed by atoms with Crippen molar-refractivity contribution < 1.29 is 37.9 Å². The van der Waals surface area contributed by atoms with Gasteiger partial charge in [-0.2, -0.15) is 10.1 Å². The molecule has 0 saturated carbocycles. The van der Waals surface area contributed by atoms with Crippen molar-refractivity contribution in [1.29, 1.82) is 5.53 Å². The molecule has 0 aromatic carbocycles. The highest BCUT2D eigenvalue weighted by Crippen LogP contribution is 2.13. The quantitative estimate of drug-likeness (QED) is 0.155. The predicted molar refractivity (Wildman–Crippen MR) is 119 cm³/mol. The van der Waals surface area contributed by atoms with Crippen LogP contribution in [0.15, 0.2) is 23.3 Å². The maximum atomic E-state index is 6.63. The lowest BCUT2D eigenvalue weighted by atomic mass is 10.5. The van der Waals surface area contributed by atoms with Gasteiger partial charge in [0.15, 0.2) is 0 Å². The number of aromatic nitrogens is 1. The van der Waals surface area contributed by atoms with Gasteiger partial charge in [-0.25, -0.2) is 5.53 Å². The second-order valence-electron chi connectivity index (χ2n) is 6.36. The van der Waals surface area contributed by atoms with E-state index < -0.39 is 0 Å². The summed E-state index contributed by atoms with van der Waals surface area (Å²) in [6.07, 6.45) is 0. The van der Waals surface area contributed by atoms with Gasteiger partial charge in [0.2, 0.25) is 11.8 Å². The van der Waals surface area contributed by atoms with E-state index in [0.29, 0.717) is 117 Å². The minimum absolute atomic E-state index is 0.372. The first-order valence-electron chi connectivity index (χ1n) is 11.1. The largest absolute Gasteiger partial charge is 0.475 e. The van der Waals surface area contributed by atoms with Crippen LogP contribution in [0.5, 0.6) is 11.8 Å². The van der Waals surface area contributed by atoms with Crippen molar-refractivity contribution in [3.05, 3.63) is 18.2 Å². The zero-order valence-corrected chi connectivity index (χ0v) is 19.3. The first kappa shape index (κ1) is 29.1. The van der Waals surface area contributed by atoms with Gasteiger partial charge in [-0.1, -0.05) is 6.07 Å². The zero-order valence-electron chi connectivity index (χ0n) is 19.3. The summed E-state index contributed by atoms with van der Waals surface area (Å²) in [5, 5.41) is 3.20. The first-order chi connectivity index (χ1) is 16.4. The molecule has 0 amide bonds. The molecule has 1 aromatic rings. The topological polar surface area (TPSA) is 149 Å². The summed E-state index contributed by atoms with van der Waals surface area (Å²) in [6, 6.07) is 5.33. The van der Waals surface area contributed by atoms with Crippen LogP contribution in [0.4, 0.5) is 0 Å². The van der Waals surface area contributed by atoms with E-state index in [1.807, 2.05) is 6.07 Å². The Kier molecular flexibility index (Phi) is 20.5. The summed E-state index contributed by atoms with van der Waals surface area (Å²) in [7, 11) is 0. The van der Waals surface area contributed by atoms with E-state index in [2.05, 4.69) is 10.1 Å². The van der Waals surface area contributed by atoms with Crippen molar-refractivity contribution in [3.63, 3.8) is 0 Å². The molecule has 12 nitrogen and oxygen atoms in total. The van der Waals surface area contributed by atoms with Gasteiger partial charge >= 0.3 is 0 Å². The number of rotatable bonds is 25. The highest BCUT2D eigenvalue weighted by molar-refractivity contribution is 5.19. The van der Waals surface area contributed by atoms with Gasteiger partial charge in [0.25, 0.3) is 0 Å². The summed E-state index contributed by atoms with van der Waals surface area (Å²) in [5.74, 6) is 0.937. The first-order valence-corrected chi connectivity index (χ1v) is 11.1. The van der Waals surface area contributed by atoms with E-state index >= 15 is 0 Å². The molecule has 1 rings (SSSR count). The smallest absolute Gasteiger partial charge is 0.216 e. The maximum absolute atomic E-state index is 6.63. The van der Waals surface area contributed by atoms with Gasteiger partial charge in [0.1, 0.15) is 13.2 Å². The van der Waals surface area contributed by atoms with E-state index in [9.17, 15) is 0 Å². The second kappa shape index (κ2) is 23.2. The van der Waals surface area contributed by atoms with Crippen LogP contribution in [0.3, 0.4) is 0 Å². The minimum atomic E-state index is 0.372. The fourth-order valence-electron chi connectivity index (χ4n) is 2.24. The van der Waals surface area contributed by atoms with Crippen LogP contribution in [-0.4, -0.2) is 111 Å². The minimum Gasteiger partial charge on any atom is -0.475 e. The molecule has 0 aliphatic carbocycles. The molecule has 1 heterocycles. The molecule has 0 fully saturated rings. The molecule has 0 spiro atoms. The number of hydrogen-bond acceptors (Lipinski definition) is 12. The maximum Gasteiger partial charge on any atom is 0.216 e. The molecule has 0 saturated heterocycles. The van der Waals surface area contributed by atoms with Crippen molar-refractivity contribution in [2.24, 2.45) is 10.8 Å². The predicted octanol–water partition coefficient (Wildman–Crippen LogP) is 0.928. The van der Waals surface area contributed by atoms with Gasteiger partial charge in [-0.3, -0.25) is 0 Å². The van der Waals surface area contributed by atoms with E-state index in [1.54, 1.807) is 12.1 Å². The molecule has 33 heavy (non-hydrogen) atoms. The zero-order chi connectivity index (χ0) is 23.7.